The topological polar surface area (TPSA) is 108 Å². The molecule has 0 bridgehead atoms. The van der Waals surface area contributed by atoms with Gasteiger partial charge in [-0.05, 0) is 24.9 Å². The van der Waals surface area contributed by atoms with Gasteiger partial charge in [0, 0.05) is 24.6 Å². The largest absolute Gasteiger partial charge is 0.505 e. The highest BCUT2D eigenvalue weighted by Gasteiger charge is 2.40. The van der Waals surface area contributed by atoms with Gasteiger partial charge in [-0.25, -0.2) is 13.4 Å². The van der Waals surface area contributed by atoms with Crippen molar-refractivity contribution >= 4 is 21.8 Å². The summed E-state index contributed by atoms with van der Waals surface area (Å²) in [6.45, 7) is 0.670. The first-order valence-electron chi connectivity index (χ1n) is 9.64. The van der Waals surface area contributed by atoms with E-state index in [1.165, 1.54) is 11.6 Å². The molecule has 2 aromatic carbocycles. The average molecular weight is 435 g/mol. The van der Waals surface area contributed by atoms with Crippen LogP contribution in [0.4, 0.5) is 10.1 Å². The Balaban J connectivity index is 1.37. The molecule has 0 radical (unpaired) electrons. The molecule has 1 fully saturated rings. The van der Waals surface area contributed by atoms with Gasteiger partial charge in [0.15, 0.2) is 5.82 Å². The van der Waals surface area contributed by atoms with Gasteiger partial charge in [0.05, 0.1) is 0 Å². The van der Waals surface area contributed by atoms with Crippen LogP contribution in [0.15, 0.2) is 36.4 Å². The number of halogens is 1. The van der Waals surface area contributed by atoms with Crippen LogP contribution < -0.4 is 19.1 Å². The van der Waals surface area contributed by atoms with Crippen LogP contribution in [0.5, 0.6) is 11.5 Å². The van der Waals surface area contributed by atoms with Crippen LogP contribution in [0.25, 0.3) is 0 Å². The Morgan fingerprint density at radius 1 is 1.30 bits per heavy atom. The molecular weight excluding hydrogens is 413 g/mol. The van der Waals surface area contributed by atoms with Gasteiger partial charge in [-0.15, -0.1) is 0 Å². The van der Waals surface area contributed by atoms with Gasteiger partial charge in [0.25, 0.3) is 5.91 Å². The van der Waals surface area contributed by atoms with Crippen LogP contribution in [0.1, 0.15) is 17.5 Å². The van der Waals surface area contributed by atoms with E-state index in [0.29, 0.717) is 10.8 Å². The predicted octanol–water partition coefficient (Wildman–Crippen LogP) is 1.24. The fourth-order valence-corrected chi connectivity index (χ4v) is 4.87. The molecule has 2 heterocycles. The molecule has 2 aliphatic heterocycles. The van der Waals surface area contributed by atoms with Crippen molar-refractivity contribution in [2.24, 2.45) is 0 Å². The van der Waals surface area contributed by atoms with Gasteiger partial charge >= 0.3 is 10.2 Å². The number of hydrogen-bond donors (Lipinski definition) is 3. The van der Waals surface area contributed by atoms with Gasteiger partial charge in [-0.2, -0.15) is 8.42 Å². The molecule has 30 heavy (non-hydrogen) atoms. The summed E-state index contributed by atoms with van der Waals surface area (Å²) in [4.78, 5) is 11.4. The maximum Gasteiger partial charge on any atom is 0.326 e. The minimum Gasteiger partial charge on any atom is -0.505 e. The molecule has 1 saturated heterocycles. The van der Waals surface area contributed by atoms with E-state index >= 15 is 4.39 Å². The van der Waals surface area contributed by atoms with E-state index in [-0.39, 0.29) is 23.8 Å². The van der Waals surface area contributed by atoms with Gasteiger partial charge in [-0.1, -0.05) is 30.3 Å². The first-order chi connectivity index (χ1) is 14.3. The molecular formula is C20H22FN3O5S. The first-order valence-corrected chi connectivity index (χ1v) is 11.1. The molecule has 4 rings (SSSR count). The van der Waals surface area contributed by atoms with Crippen molar-refractivity contribution in [1.82, 2.24) is 10.0 Å². The Kier molecular flexibility index (Phi) is 5.52. The van der Waals surface area contributed by atoms with E-state index < -0.39 is 39.9 Å². The molecule has 0 aliphatic carbocycles. The van der Waals surface area contributed by atoms with Crippen LogP contribution in [0, 0.1) is 5.82 Å². The zero-order chi connectivity index (χ0) is 21.3. The summed E-state index contributed by atoms with van der Waals surface area (Å²) in [5.74, 6) is -2.09. The van der Waals surface area contributed by atoms with Crippen molar-refractivity contribution in [3.05, 3.63) is 53.3 Å². The lowest BCUT2D eigenvalue weighted by Crippen LogP contribution is -2.31. The number of amides is 1. The summed E-state index contributed by atoms with van der Waals surface area (Å²) in [5, 5.41) is 13.5. The second kappa shape index (κ2) is 8.11. The lowest BCUT2D eigenvalue weighted by Gasteiger charge is -2.18. The third-order valence-corrected chi connectivity index (χ3v) is 6.49. The standard InChI is InChI=1S/C20H22FN3O5S/c21-19-15-9-14(11-22-8-4-7-13-5-2-1-3-6-13)29-17(15)10-16(25)20(19)24-12-18(26)23-30(24,27)28/h1-3,5-6,10,14,22,25H,4,7-9,11-12H2,(H,23,26)/t14-/m1/s1. The SMILES string of the molecule is O=C1CN(c2c(O)cc3c(c2F)C[C@H](CNCCCc2ccccc2)O3)S(=O)(=O)N1. The minimum absolute atomic E-state index is 0.181. The first kappa shape index (κ1) is 20.4. The number of aryl methyl sites for hydroxylation is 1. The number of carbonyl (C=O) groups excluding carboxylic acids is 1. The van der Waals surface area contributed by atoms with Crippen molar-refractivity contribution in [3.63, 3.8) is 0 Å². The predicted molar refractivity (Wildman–Crippen MR) is 108 cm³/mol. The van der Waals surface area contributed by atoms with E-state index in [4.69, 9.17) is 4.74 Å². The highest BCUT2D eigenvalue weighted by molar-refractivity contribution is 7.92. The van der Waals surface area contributed by atoms with Crippen molar-refractivity contribution in [1.29, 1.82) is 0 Å². The van der Waals surface area contributed by atoms with Crippen molar-refractivity contribution in [2.45, 2.75) is 25.4 Å². The number of fused-ring (bicyclic) bond motifs is 1. The Labute approximate surface area is 173 Å². The average Bonchev–Trinajstić information content (AvgIpc) is 3.21. The van der Waals surface area contributed by atoms with E-state index in [9.17, 15) is 18.3 Å². The molecule has 2 aliphatic rings. The number of benzene rings is 2. The molecule has 0 unspecified atom stereocenters. The Morgan fingerprint density at radius 2 is 2.07 bits per heavy atom. The van der Waals surface area contributed by atoms with Crippen LogP contribution in [0.2, 0.25) is 0 Å². The monoisotopic (exact) mass is 435 g/mol. The third-order valence-electron chi connectivity index (χ3n) is 5.11. The summed E-state index contributed by atoms with van der Waals surface area (Å²) in [5.41, 5.74) is 0.916. The quantitative estimate of drug-likeness (QED) is 0.565. The number of hydrogen-bond acceptors (Lipinski definition) is 6. The molecule has 0 aromatic heterocycles. The van der Waals surface area contributed by atoms with Gasteiger partial charge in [0.1, 0.15) is 29.8 Å². The van der Waals surface area contributed by atoms with Gasteiger partial charge < -0.3 is 15.2 Å². The number of phenolic OH excluding ortho intramolecular Hbond substituents is 1. The number of nitrogens with one attached hydrogen (secondary N) is 2. The number of phenols is 1. The van der Waals surface area contributed by atoms with Crippen LogP contribution in [-0.4, -0.2) is 45.2 Å². The number of ether oxygens (including phenoxy) is 1. The maximum atomic E-state index is 15.1. The number of anilines is 1. The number of nitrogens with zero attached hydrogens (tertiary/aromatic N) is 1. The van der Waals surface area contributed by atoms with Crippen molar-refractivity contribution in [3.8, 4) is 11.5 Å². The molecule has 160 valence electrons. The molecule has 1 amide bonds. The summed E-state index contributed by atoms with van der Waals surface area (Å²) < 4.78 is 47.1. The van der Waals surface area contributed by atoms with Gasteiger partial charge in [-0.3, -0.25) is 4.79 Å². The second-order valence-electron chi connectivity index (χ2n) is 7.31. The number of rotatable bonds is 7. The van der Waals surface area contributed by atoms with Crippen molar-refractivity contribution in [2.75, 3.05) is 23.9 Å². The zero-order valence-corrected chi connectivity index (χ0v) is 16.9. The van der Waals surface area contributed by atoms with Crippen LogP contribution >= 0.6 is 0 Å². The van der Waals surface area contributed by atoms with Gasteiger partial charge in [0.2, 0.25) is 0 Å². The normalized spacial score (nSPS) is 19.4. The van der Waals surface area contributed by atoms with E-state index in [0.717, 1.165) is 19.4 Å². The molecule has 3 N–H and O–H groups in total. The third kappa shape index (κ3) is 4.05. The van der Waals surface area contributed by atoms with Crippen LogP contribution in [0.3, 0.4) is 0 Å². The summed E-state index contributed by atoms with van der Waals surface area (Å²) in [6, 6.07) is 11.3. The lowest BCUT2D eigenvalue weighted by molar-refractivity contribution is -0.117. The molecule has 0 spiro atoms. The second-order valence-corrected chi connectivity index (χ2v) is 8.90. The van der Waals surface area contributed by atoms with Crippen LogP contribution in [-0.2, 0) is 27.8 Å². The van der Waals surface area contributed by atoms with E-state index in [2.05, 4.69) is 17.4 Å². The highest BCUT2D eigenvalue weighted by Crippen LogP contribution is 2.43. The van der Waals surface area contributed by atoms with E-state index in [1.807, 2.05) is 18.2 Å². The fraction of sp³-hybridized carbons (Fsp3) is 0.350. The summed E-state index contributed by atoms with van der Waals surface area (Å²) in [6.07, 6.45) is 1.78. The number of aromatic hydroxyl groups is 1. The smallest absolute Gasteiger partial charge is 0.326 e. The zero-order valence-electron chi connectivity index (χ0n) is 16.1. The molecule has 10 heteroatoms. The molecule has 2 aromatic rings. The fourth-order valence-electron chi connectivity index (χ4n) is 3.71. The summed E-state index contributed by atoms with van der Waals surface area (Å²) >= 11 is 0. The minimum atomic E-state index is -4.23. The maximum absolute atomic E-state index is 15.1. The molecule has 0 saturated carbocycles. The Bertz CT molecular complexity index is 1060. The number of carbonyl (C=O) groups is 1. The summed E-state index contributed by atoms with van der Waals surface area (Å²) in [7, 11) is -4.23. The molecule has 8 nitrogen and oxygen atoms in total. The Hall–Kier alpha value is -2.85. The lowest BCUT2D eigenvalue weighted by atomic mass is 10.1. The van der Waals surface area contributed by atoms with Crippen molar-refractivity contribution < 1.29 is 27.4 Å². The highest BCUT2D eigenvalue weighted by atomic mass is 32.2. The van der Waals surface area contributed by atoms with E-state index in [1.54, 1.807) is 4.72 Å². The Morgan fingerprint density at radius 3 is 2.77 bits per heavy atom. The molecule has 1 atom stereocenters.